The van der Waals surface area contributed by atoms with Gasteiger partial charge >= 0.3 is 0 Å². The van der Waals surface area contributed by atoms with Crippen LogP contribution < -0.4 is 5.73 Å². The molecule has 0 spiro atoms. The summed E-state index contributed by atoms with van der Waals surface area (Å²) in [5.74, 6) is 1.10. The van der Waals surface area contributed by atoms with Crippen LogP contribution in [0.5, 0.6) is 0 Å². The van der Waals surface area contributed by atoms with E-state index in [1.165, 1.54) is 0 Å². The zero-order valence-corrected chi connectivity index (χ0v) is 12.0. The number of aromatic nitrogens is 2. The van der Waals surface area contributed by atoms with Gasteiger partial charge < -0.3 is 19.7 Å². The van der Waals surface area contributed by atoms with E-state index in [1.54, 1.807) is 7.11 Å². The Morgan fingerprint density at radius 1 is 1.42 bits per heavy atom. The zero-order chi connectivity index (χ0) is 14.0. The molecule has 0 aromatic carbocycles. The van der Waals surface area contributed by atoms with Crippen molar-refractivity contribution < 1.29 is 14.0 Å². The van der Waals surface area contributed by atoms with Gasteiger partial charge in [-0.15, -0.1) is 0 Å². The van der Waals surface area contributed by atoms with Crippen molar-refractivity contribution in [2.75, 3.05) is 13.7 Å². The standard InChI is InChI=1S/C13H23N3O3/c1-13(2,3)10(17-4)11-15-12(19-16-11)9-6-5-8(7-14)18-9/h8-10H,5-7,14H2,1-4H3. The molecule has 3 unspecified atom stereocenters. The molecular weight excluding hydrogens is 246 g/mol. The molecule has 0 radical (unpaired) electrons. The van der Waals surface area contributed by atoms with E-state index in [2.05, 4.69) is 30.9 Å². The molecule has 0 bridgehead atoms. The normalized spacial score (nSPS) is 25.7. The van der Waals surface area contributed by atoms with E-state index in [-0.39, 0.29) is 23.7 Å². The van der Waals surface area contributed by atoms with Crippen LogP contribution >= 0.6 is 0 Å². The Morgan fingerprint density at radius 2 is 2.16 bits per heavy atom. The summed E-state index contributed by atoms with van der Waals surface area (Å²) in [4.78, 5) is 4.43. The summed E-state index contributed by atoms with van der Waals surface area (Å²) in [6.45, 7) is 6.76. The largest absolute Gasteiger partial charge is 0.373 e. The number of hydrogen-bond donors (Lipinski definition) is 1. The van der Waals surface area contributed by atoms with Crippen LogP contribution in [0, 0.1) is 5.41 Å². The summed E-state index contributed by atoms with van der Waals surface area (Å²) in [6.07, 6.45) is 1.58. The minimum absolute atomic E-state index is 0.0911. The van der Waals surface area contributed by atoms with Crippen LogP contribution in [-0.2, 0) is 9.47 Å². The van der Waals surface area contributed by atoms with Gasteiger partial charge in [0.25, 0.3) is 5.89 Å². The van der Waals surface area contributed by atoms with Gasteiger partial charge in [-0.05, 0) is 18.3 Å². The second-order valence-electron chi connectivity index (χ2n) is 6.03. The van der Waals surface area contributed by atoms with Gasteiger partial charge in [0.2, 0.25) is 5.82 Å². The second-order valence-corrected chi connectivity index (χ2v) is 6.03. The highest BCUT2D eigenvalue weighted by molar-refractivity contribution is 4.99. The molecular formula is C13H23N3O3. The lowest BCUT2D eigenvalue weighted by atomic mass is 9.88. The summed E-state index contributed by atoms with van der Waals surface area (Å²) in [5.41, 5.74) is 5.50. The Bertz CT molecular complexity index is 414. The molecule has 2 rings (SSSR count). The van der Waals surface area contributed by atoms with Crippen molar-refractivity contribution in [2.45, 2.75) is 51.9 Å². The van der Waals surface area contributed by atoms with E-state index in [1.807, 2.05) is 0 Å². The van der Waals surface area contributed by atoms with E-state index in [4.69, 9.17) is 19.7 Å². The van der Waals surface area contributed by atoms with Gasteiger partial charge in [0.1, 0.15) is 12.2 Å². The molecule has 0 amide bonds. The molecule has 1 aromatic rings. The summed E-state index contributed by atoms with van der Waals surface area (Å²) >= 11 is 0. The van der Waals surface area contributed by atoms with Crippen LogP contribution in [0.3, 0.4) is 0 Å². The molecule has 3 atom stereocenters. The fraction of sp³-hybridized carbons (Fsp3) is 0.846. The summed E-state index contributed by atoms with van der Waals surface area (Å²) in [7, 11) is 1.66. The first-order valence-electron chi connectivity index (χ1n) is 6.67. The average molecular weight is 269 g/mol. The van der Waals surface area contributed by atoms with Crippen molar-refractivity contribution >= 4 is 0 Å². The zero-order valence-electron chi connectivity index (χ0n) is 12.0. The van der Waals surface area contributed by atoms with Gasteiger partial charge in [0.15, 0.2) is 0 Å². The predicted octanol–water partition coefficient (Wildman–Crippen LogP) is 1.98. The summed E-state index contributed by atoms with van der Waals surface area (Å²) in [6, 6.07) is 0. The monoisotopic (exact) mass is 269 g/mol. The third-order valence-electron chi connectivity index (χ3n) is 3.36. The van der Waals surface area contributed by atoms with Gasteiger partial charge in [-0.2, -0.15) is 4.98 Å². The third-order valence-corrected chi connectivity index (χ3v) is 3.36. The number of hydrogen-bond acceptors (Lipinski definition) is 6. The lowest BCUT2D eigenvalue weighted by molar-refractivity contribution is 0.00717. The fourth-order valence-electron chi connectivity index (χ4n) is 2.39. The Morgan fingerprint density at radius 3 is 2.68 bits per heavy atom. The maximum absolute atomic E-state index is 5.75. The van der Waals surface area contributed by atoms with Gasteiger partial charge in [-0.1, -0.05) is 25.9 Å². The van der Waals surface area contributed by atoms with Crippen molar-refractivity contribution in [3.63, 3.8) is 0 Å². The molecule has 6 nitrogen and oxygen atoms in total. The summed E-state index contributed by atoms with van der Waals surface area (Å²) < 4.78 is 16.5. The molecule has 1 aromatic heterocycles. The van der Waals surface area contributed by atoms with E-state index in [0.29, 0.717) is 18.3 Å². The Hall–Kier alpha value is -0.980. The number of ether oxygens (including phenoxy) is 2. The van der Waals surface area contributed by atoms with E-state index in [9.17, 15) is 0 Å². The molecule has 0 saturated carbocycles. The third kappa shape index (κ3) is 3.13. The average Bonchev–Trinajstić information content (AvgIpc) is 2.95. The molecule has 108 valence electrons. The molecule has 1 saturated heterocycles. The van der Waals surface area contributed by atoms with Crippen LogP contribution in [0.15, 0.2) is 4.52 Å². The van der Waals surface area contributed by atoms with Crippen molar-refractivity contribution in [1.29, 1.82) is 0 Å². The maximum atomic E-state index is 5.75. The molecule has 2 heterocycles. The van der Waals surface area contributed by atoms with Gasteiger partial charge in [0.05, 0.1) is 6.10 Å². The first-order valence-corrected chi connectivity index (χ1v) is 6.67. The number of methoxy groups -OCH3 is 1. The highest BCUT2D eigenvalue weighted by Gasteiger charge is 2.34. The minimum Gasteiger partial charge on any atom is -0.373 e. The van der Waals surface area contributed by atoms with E-state index < -0.39 is 0 Å². The molecule has 1 aliphatic rings. The number of rotatable bonds is 4. The topological polar surface area (TPSA) is 83.4 Å². The van der Waals surface area contributed by atoms with Crippen LogP contribution in [0.4, 0.5) is 0 Å². The lowest BCUT2D eigenvalue weighted by Gasteiger charge is -2.26. The van der Waals surface area contributed by atoms with Crippen LogP contribution in [-0.4, -0.2) is 29.9 Å². The van der Waals surface area contributed by atoms with Gasteiger partial charge in [0, 0.05) is 13.7 Å². The Balaban J connectivity index is 2.11. The first-order chi connectivity index (χ1) is 8.95. The molecule has 2 N–H and O–H groups in total. The van der Waals surface area contributed by atoms with Gasteiger partial charge in [-0.3, -0.25) is 0 Å². The quantitative estimate of drug-likeness (QED) is 0.899. The molecule has 1 aliphatic heterocycles. The predicted molar refractivity (Wildman–Crippen MR) is 69.4 cm³/mol. The number of nitrogens with zero attached hydrogens (tertiary/aromatic N) is 2. The maximum Gasteiger partial charge on any atom is 0.255 e. The minimum atomic E-state index is -0.197. The fourth-order valence-corrected chi connectivity index (χ4v) is 2.39. The Labute approximate surface area is 113 Å². The Kier molecular flexibility index (Phi) is 4.23. The van der Waals surface area contributed by atoms with Gasteiger partial charge in [-0.25, -0.2) is 0 Å². The lowest BCUT2D eigenvalue weighted by Crippen LogP contribution is -2.21. The van der Waals surface area contributed by atoms with Crippen molar-refractivity contribution in [3.05, 3.63) is 11.7 Å². The highest BCUT2D eigenvalue weighted by atomic mass is 16.5. The van der Waals surface area contributed by atoms with Crippen LogP contribution in [0.2, 0.25) is 0 Å². The first kappa shape index (κ1) is 14.4. The summed E-state index contributed by atoms with van der Waals surface area (Å²) in [5, 5.41) is 4.03. The molecule has 19 heavy (non-hydrogen) atoms. The van der Waals surface area contributed by atoms with Crippen molar-refractivity contribution in [2.24, 2.45) is 11.1 Å². The second kappa shape index (κ2) is 5.56. The van der Waals surface area contributed by atoms with Crippen molar-refractivity contribution in [1.82, 2.24) is 10.1 Å². The van der Waals surface area contributed by atoms with E-state index >= 15 is 0 Å². The highest BCUT2D eigenvalue weighted by Crippen LogP contribution is 2.36. The smallest absolute Gasteiger partial charge is 0.255 e. The van der Waals surface area contributed by atoms with Crippen molar-refractivity contribution in [3.8, 4) is 0 Å². The molecule has 6 heteroatoms. The van der Waals surface area contributed by atoms with Crippen LogP contribution in [0.25, 0.3) is 0 Å². The molecule has 1 fully saturated rings. The van der Waals surface area contributed by atoms with Crippen LogP contribution in [0.1, 0.15) is 57.5 Å². The number of nitrogens with two attached hydrogens (primary N) is 1. The molecule has 0 aliphatic carbocycles. The SMILES string of the molecule is COC(c1noc(C2CCC(CN)O2)n1)C(C)(C)C. The van der Waals surface area contributed by atoms with E-state index in [0.717, 1.165) is 12.8 Å².